The average molecular weight is 324 g/mol. The Hall–Kier alpha value is -2.76. The van der Waals surface area contributed by atoms with E-state index in [1.165, 1.54) is 12.4 Å². The van der Waals surface area contributed by atoms with Crippen LogP contribution >= 0.6 is 0 Å². The molecule has 0 saturated carbocycles. The zero-order chi connectivity index (χ0) is 17.1. The fourth-order valence-corrected chi connectivity index (χ4v) is 2.96. The van der Waals surface area contributed by atoms with Crippen molar-refractivity contribution in [3.63, 3.8) is 0 Å². The number of hydrogen-bond acceptors (Lipinski definition) is 4. The van der Waals surface area contributed by atoms with E-state index >= 15 is 0 Å². The van der Waals surface area contributed by atoms with E-state index in [9.17, 15) is 9.59 Å². The SMILES string of the molecule is C[C@H]1CC[C@H](C(N)=O)CN1C(=O)c1cnc(-c2ccccc2)nc1. The van der Waals surface area contributed by atoms with Gasteiger partial charge in [-0.15, -0.1) is 0 Å². The number of rotatable bonds is 3. The molecule has 2 amide bonds. The minimum absolute atomic E-state index is 0.0712. The Morgan fingerprint density at radius 2 is 1.79 bits per heavy atom. The highest BCUT2D eigenvalue weighted by molar-refractivity contribution is 5.94. The number of hydrogen-bond donors (Lipinski definition) is 1. The number of nitrogens with two attached hydrogens (primary N) is 1. The maximum Gasteiger partial charge on any atom is 0.257 e. The van der Waals surface area contributed by atoms with Crippen molar-refractivity contribution >= 4 is 11.8 Å². The molecule has 6 nitrogen and oxygen atoms in total. The van der Waals surface area contributed by atoms with Crippen LogP contribution in [0.1, 0.15) is 30.1 Å². The summed E-state index contributed by atoms with van der Waals surface area (Å²) in [6.45, 7) is 2.34. The van der Waals surface area contributed by atoms with Crippen LogP contribution in [0.25, 0.3) is 11.4 Å². The van der Waals surface area contributed by atoms with Crippen LogP contribution in [0.15, 0.2) is 42.7 Å². The maximum atomic E-state index is 12.7. The second-order valence-electron chi connectivity index (χ2n) is 6.14. The summed E-state index contributed by atoms with van der Waals surface area (Å²) in [5, 5.41) is 0. The number of benzene rings is 1. The van der Waals surface area contributed by atoms with Gasteiger partial charge < -0.3 is 10.6 Å². The predicted octanol–water partition coefficient (Wildman–Crippen LogP) is 1.87. The first-order valence-corrected chi connectivity index (χ1v) is 8.04. The first-order chi connectivity index (χ1) is 11.6. The molecule has 1 saturated heterocycles. The number of likely N-dealkylation sites (tertiary alicyclic amines) is 1. The Balaban J connectivity index is 1.78. The molecule has 0 bridgehead atoms. The van der Waals surface area contributed by atoms with E-state index < -0.39 is 0 Å². The van der Waals surface area contributed by atoms with Crippen molar-refractivity contribution in [2.75, 3.05) is 6.54 Å². The minimum Gasteiger partial charge on any atom is -0.369 e. The predicted molar refractivity (Wildman–Crippen MR) is 89.9 cm³/mol. The van der Waals surface area contributed by atoms with Gasteiger partial charge in [-0.05, 0) is 19.8 Å². The molecule has 1 fully saturated rings. The lowest BCUT2D eigenvalue weighted by molar-refractivity contribution is -0.123. The van der Waals surface area contributed by atoms with Crippen LogP contribution in [-0.4, -0.2) is 39.3 Å². The summed E-state index contributed by atoms with van der Waals surface area (Å²) in [5.41, 5.74) is 6.72. The summed E-state index contributed by atoms with van der Waals surface area (Å²) in [7, 11) is 0. The first-order valence-electron chi connectivity index (χ1n) is 8.04. The Morgan fingerprint density at radius 3 is 2.42 bits per heavy atom. The smallest absolute Gasteiger partial charge is 0.257 e. The Bertz CT molecular complexity index is 730. The Kier molecular flexibility index (Phi) is 4.55. The highest BCUT2D eigenvalue weighted by Crippen LogP contribution is 2.23. The van der Waals surface area contributed by atoms with Gasteiger partial charge in [-0.3, -0.25) is 9.59 Å². The van der Waals surface area contributed by atoms with Gasteiger partial charge in [-0.2, -0.15) is 0 Å². The molecule has 6 heteroatoms. The molecule has 3 rings (SSSR count). The molecule has 0 spiro atoms. The molecule has 2 aromatic rings. The van der Waals surface area contributed by atoms with Gasteiger partial charge in [0, 0.05) is 30.5 Å². The molecule has 0 aliphatic carbocycles. The third-order valence-electron chi connectivity index (χ3n) is 4.48. The van der Waals surface area contributed by atoms with Gasteiger partial charge in [-0.25, -0.2) is 9.97 Å². The Morgan fingerprint density at radius 1 is 1.12 bits per heavy atom. The topological polar surface area (TPSA) is 89.2 Å². The molecule has 1 aliphatic heterocycles. The van der Waals surface area contributed by atoms with Crippen LogP contribution in [0, 0.1) is 5.92 Å². The van der Waals surface area contributed by atoms with E-state index in [4.69, 9.17) is 5.73 Å². The summed E-state index contributed by atoms with van der Waals surface area (Å²) in [6, 6.07) is 9.66. The highest BCUT2D eigenvalue weighted by Gasteiger charge is 2.32. The second-order valence-corrected chi connectivity index (χ2v) is 6.14. The molecule has 2 N–H and O–H groups in total. The number of amides is 2. The highest BCUT2D eigenvalue weighted by atomic mass is 16.2. The molecule has 1 aromatic heterocycles. The molecule has 0 radical (unpaired) electrons. The minimum atomic E-state index is -0.352. The quantitative estimate of drug-likeness (QED) is 0.933. The summed E-state index contributed by atoms with van der Waals surface area (Å²) < 4.78 is 0. The van der Waals surface area contributed by atoms with E-state index in [-0.39, 0.29) is 23.8 Å². The molecule has 2 heterocycles. The lowest BCUT2D eigenvalue weighted by atomic mass is 9.92. The largest absolute Gasteiger partial charge is 0.369 e. The second kappa shape index (κ2) is 6.78. The van der Waals surface area contributed by atoms with Crippen LogP contribution < -0.4 is 5.73 Å². The average Bonchev–Trinajstić information content (AvgIpc) is 2.62. The molecule has 24 heavy (non-hydrogen) atoms. The summed E-state index contributed by atoms with van der Waals surface area (Å²) in [6.07, 6.45) is 4.57. The van der Waals surface area contributed by atoms with Gasteiger partial charge >= 0.3 is 0 Å². The number of nitrogens with zero attached hydrogens (tertiary/aromatic N) is 3. The van der Waals surface area contributed by atoms with Gasteiger partial charge in [0.05, 0.1) is 11.5 Å². The van der Waals surface area contributed by atoms with Crippen LogP contribution in [0.3, 0.4) is 0 Å². The van der Waals surface area contributed by atoms with E-state index in [1.54, 1.807) is 4.90 Å². The molecular formula is C18H20N4O2. The van der Waals surface area contributed by atoms with Crippen molar-refractivity contribution in [2.24, 2.45) is 11.7 Å². The van der Waals surface area contributed by atoms with Crippen molar-refractivity contribution in [1.82, 2.24) is 14.9 Å². The van der Waals surface area contributed by atoms with Crippen molar-refractivity contribution in [1.29, 1.82) is 0 Å². The molecule has 1 aliphatic rings. The zero-order valence-electron chi connectivity index (χ0n) is 13.6. The normalized spacial score (nSPS) is 20.6. The van der Waals surface area contributed by atoms with E-state index in [0.717, 1.165) is 18.4 Å². The molecule has 2 atom stereocenters. The van der Waals surface area contributed by atoms with Gasteiger partial charge in [0.2, 0.25) is 5.91 Å². The Labute approximate surface area is 140 Å². The maximum absolute atomic E-state index is 12.7. The van der Waals surface area contributed by atoms with Gasteiger partial charge in [0.1, 0.15) is 0 Å². The molecule has 1 aromatic carbocycles. The van der Waals surface area contributed by atoms with Gasteiger partial charge in [-0.1, -0.05) is 30.3 Å². The van der Waals surface area contributed by atoms with E-state index in [0.29, 0.717) is 17.9 Å². The van der Waals surface area contributed by atoms with Gasteiger partial charge in [0.25, 0.3) is 5.91 Å². The lowest BCUT2D eigenvalue weighted by Gasteiger charge is -2.36. The fourth-order valence-electron chi connectivity index (χ4n) is 2.96. The van der Waals surface area contributed by atoms with Crippen molar-refractivity contribution in [3.05, 3.63) is 48.3 Å². The lowest BCUT2D eigenvalue weighted by Crippen LogP contribution is -2.48. The van der Waals surface area contributed by atoms with Crippen LogP contribution in [0.5, 0.6) is 0 Å². The fraction of sp³-hybridized carbons (Fsp3) is 0.333. The number of carbonyl (C=O) groups excluding carboxylic acids is 2. The van der Waals surface area contributed by atoms with Crippen LogP contribution in [0.4, 0.5) is 0 Å². The summed E-state index contributed by atoms with van der Waals surface area (Å²) in [4.78, 5) is 34.4. The standard InChI is InChI=1S/C18H20N4O2/c1-12-7-8-14(16(19)23)11-22(12)18(24)15-9-20-17(21-10-15)13-5-3-2-4-6-13/h2-6,9-10,12,14H,7-8,11H2,1H3,(H2,19,23)/t12-,14-/m0/s1. The van der Waals surface area contributed by atoms with E-state index in [1.807, 2.05) is 37.3 Å². The number of aromatic nitrogens is 2. The van der Waals surface area contributed by atoms with Crippen molar-refractivity contribution < 1.29 is 9.59 Å². The molecule has 0 unspecified atom stereocenters. The van der Waals surface area contributed by atoms with Crippen LogP contribution in [-0.2, 0) is 4.79 Å². The number of carbonyl (C=O) groups is 2. The van der Waals surface area contributed by atoms with Crippen molar-refractivity contribution in [3.8, 4) is 11.4 Å². The summed E-state index contributed by atoms with van der Waals surface area (Å²) in [5.74, 6) is -0.216. The molecular weight excluding hydrogens is 304 g/mol. The van der Waals surface area contributed by atoms with E-state index in [2.05, 4.69) is 9.97 Å². The van der Waals surface area contributed by atoms with Gasteiger partial charge in [0.15, 0.2) is 5.82 Å². The summed E-state index contributed by atoms with van der Waals surface area (Å²) >= 11 is 0. The zero-order valence-corrected chi connectivity index (χ0v) is 13.6. The number of primary amides is 1. The first kappa shape index (κ1) is 16.1. The third-order valence-corrected chi connectivity index (χ3v) is 4.48. The van der Waals surface area contributed by atoms with Crippen molar-refractivity contribution in [2.45, 2.75) is 25.8 Å². The monoisotopic (exact) mass is 324 g/mol. The third kappa shape index (κ3) is 3.27. The van der Waals surface area contributed by atoms with Crippen LogP contribution in [0.2, 0.25) is 0 Å². The number of piperidine rings is 1. The molecule has 124 valence electrons.